The maximum Gasteiger partial charge on any atom is 0.342 e. The number of unbranched alkanes of at least 4 members (excludes halogenated alkanes) is 2. The third kappa shape index (κ3) is 8.13. The maximum absolute atomic E-state index is 13.3. The molecule has 2 aromatic rings. The number of hydrogen-bond donors (Lipinski definition) is 2. The van der Waals surface area contributed by atoms with Crippen LogP contribution in [0.5, 0.6) is 28.7 Å². The molecule has 2 aromatic carbocycles. The van der Waals surface area contributed by atoms with E-state index in [-0.39, 0.29) is 64.7 Å². The van der Waals surface area contributed by atoms with Crippen molar-refractivity contribution in [2.45, 2.75) is 45.1 Å². The van der Waals surface area contributed by atoms with Crippen LogP contribution < -0.4 is 14.2 Å². The normalized spacial score (nSPS) is 11.5. The third-order valence-electron chi connectivity index (χ3n) is 5.74. The molecule has 0 aliphatic heterocycles. The lowest BCUT2D eigenvalue weighted by atomic mass is 9.99. The van der Waals surface area contributed by atoms with Crippen molar-refractivity contribution in [3.8, 4) is 28.7 Å². The first kappa shape index (κ1) is 32.5. The number of nitro groups is 1. The van der Waals surface area contributed by atoms with Crippen molar-refractivity contribution < 1.29 is 48.4 Å². The molecule has 0 aromatic heterocycles. The Kier molecular flexibility index (Phi) is 12.8. The second kappa shape index (κ2) is 15.8. The Balaban J connectivity index is 2.48. The summed E-state index contributed by atoms with van der Waals surface area (Å²) in [6.45, 7) is 4.70. The van der Waals surface area contributed by atoms with Crippen molar-refractivity contribution in [3.05, 3.63) is 56.6 Å². The number of carbonyl (C=O) groups is 1. The molecule has 13 heteroatoms. The summed E-state index contributed by atoms with van der Waals surface area (Å²) < 4.78 is 32.0. The monoisotopic (exact) mass is 583 g/mol. The molecule has 0 bridgehead atoms. The van der Waals surface area contributed by atoms with Gasteiger partial charge >= 0.3 is 11.7 Å². The highest BCUT2D eigenvalue weighted by atomic mass is 35.5. The molecule has 220 valence electrons. The SMILES string of the molecule is C=CCCCCc1c(Cl)c(O)cc(O)c1C(=O)OC(C)Cc1c(OC)c(OCOC)cc([N+](=O)[O-])c1OCOC. The van der Waals surface area contributed by atoms with Crippen LogP contribution in [0, 0.1) is 10.1 Å². The predicted octanol–water partition coefficient (Wildman–Crippen LogP) is 5.32. The van der Waals surface area contributed by atoms with E-state index in [9.17, 15) is 25.1 Å². The fraction of sp³-hybridized carbons (Fsp3) is 0.444. The first-order valence-corrected chi connectivity index (χ1v) is 12.7. The Bertz CT molecular complexity index is 1200. The summed E-state index contributed by atoms with van der Waals surface area (Å²) in [6.07, 6.45) is 3.14. The van der Waals surface area contributed by atoms with Crippen LogP contribution in [-0.2, 0) is 27.1 Å². The number of halogens is 1. The Morgan fingerprint density at radius 2 is 1.75 bits per heavy atom. The highest BCUT2D eigenvalue weighted by Crippen LogP contribution is 2.45. The van der Waals surface area contributed by atoms with Crippen LogP contribution >= 0.6 is 11.6 Å². The molecule has 0 radical (unpaired) electrons. The van der Waals surface area contributed by atoms with E-state index in [2.05, 4.69) is 6.58 Å². The van der Waals surface area contributed by atoms with Gasteiger partial charge in [0.1, 0.15) is 23.2 Å². The summed E-state index contributed by atoms with van der Waals surface area (Å²) in [6, 6.07) is 2.11. The molecule has 2 N–H and O–H groups in total. The number of ether oxygens (including phenoxy) is 6. The molecule has 0 saturated carbocycles. The number of hydrogen-bond acceptors (Lipinski definition) is 11. The second-order valence-corrected chi connectivity index (χ2v) is 9.01. The highest BCUT2D eigenvalue weighted by Gasteiger charge is 2.31. The average molecular weight is 584 g/mol. The van der Waals surface area contributed by atoms with Gasteiger partial charge in [0.15, 0.2) is 25.1 Å². The number of benzene rings is 2. The van der Waals surface area contributed by atoms with Crippen LogP contribution in [0.4, 0.5) is 5.69 Å². The number of aromatic hydroxyl groups is 2. The minimum atomic E-state index is -0.913. The average Bonchev–Trinajstić information content (AvgIpc) is 2.91. The second-order valence-electron chi connectivity index (χ2n) is 8.63. The molecular weight excluding hydrogens is 550 g/mol. The molecule has 0 amide bonds. The summed E-state index contributed by atoms with van der Waals surface area (Å²) in [5, 5.41) is 32.4. The number of methoxy groups -OCH3 is 3. The van der Waals surface area contributed by atoms with E-state index in [1.54, 1.807) is 13.0 Å². The smallest absolute Gasteiger partial charge is 0.342 e. The molecule has 0 heterocycles. The molecule has 0 spiro atoms. The van der Waals surface area contributed by atoms with Crippen LogP contribution in [-0.4, -0.2) is 62.1 Å². The predicted molar refractivity (Wildman–Crippen MR) is 146 cm³/mol. The molecular formula is C27H34ClNO11. The fourth-order valence-corrected chi connectivity index (χ4v) is 4.27. The number of nitrogens with zero attached hydrogens (tertiary/aromatic N) is 1. The van der Waals surface area contributed by atoms with Crippen molar-refractivity contribution in [2.75, 3.05) is 34.9 Å². The van der Waals surface area contributed by atoms with Crippen LogP contribution in [0.3, 0.4) is 0 Å². The number of nitro benzene ring substituents is 1. The fourth-order valence-electron chi connectivity index (χ4n) is 4.02. The Labute approximate surface area is 237 Å². The lowest BCUT2D eigenvalue weighted by molar-refractivity contribution is -0.386. The maximum atomic E-state index is 13.3. The number of carbonyl (C=O) groups excluding carboxylic acids is 1. The number of rotatable bonds is 17. The molecule has 0 fully saturated rings. The third-order valence-corrected chi connectivity index (χ3v) is 6.16. The van der Waals surface area contributed by atoms with Gasteiger partial charge in [-0.3, -0.25) is 10.1 Å². The van der Waals surface area contributed by atoms with Crippen LogP contribution in [0.2, 0.25) is 5.02 Å². The minimum absolute atomic E-state index is 0.0131. The topological polar surface area (TPSA) is 156 Å². The van der Waals surface area contributed by atoms with Gasteiger partial charge < -0.3 is 38.6 Å². The van der Waals surface area contributed by atoms with Gasteiger partial charge in [0, 0.05) is 26.7 Å². The Morgan fingerprint density at radius 1 is 1.07 bits per heavy atom. The summed E-state index contributed by atoms with van der Waals surface area (Å²) in [4.78, 5) is 24.5. The van der Waals surface area contributed by atoms with Gasteiger partial charge in [0.25, 0.3) is 0 Å². The molecule has 12 nitrogen and oxygen atoms in total. The van der Waals surface area contributed by atoms with E-state index in [0.717, 1.165) is 25.0 Å². The highest BCUT2D eigenvalue weighted by molar-refractivity contribution is 6.33. The van der Waals surface area contributed by atoms with Crippen molar-refractivity contribution in [1.29, 1.82) is 0 Å². The summed E-state index contributed by atoms with van der Waals surface area (Å²) >= 11 is 6.29. The molecule has 1 unspecified atom stereocenters. The Hall–Kier alpha value is -3.74. The van der Waals surface area contributed by atoms with Gasteiger partial charge in [-0.1, -0.05) is 17.7 Å². The number of phenols is 2. The van der Waals surface area contributed by atoms with Crippen LogP contribution in [0.25, 0.3) is 0 Å². The van der Waals surface area contributed by atoms with E-state index in [1.807, 2.05) is 0 Å². The van der Waals surface area contributed by atoms with Gasteiger partial charge in [-0.25, -0.2) is 4.79 Å². The van der Waals surface area contributed by atoms with Crippen LogP contribution in [0.15, 0.2) is 24.8 Å². The van der Waals surface area contributed by atoms with E-state index in [0.29, 0.717) is 12.8 Å². The first-order chi connectivity index (χ1) is 19.1. The summed E-state index contributed by atoms with van der Waals surface area (Å²) in [7, 11) is 4.09. The lowest BCUT2D eigenvalue weighted by Gasteiger charge is -2.21. The van der Waals surface area contributed by atoms with Gasteiger partial charge in [-0.15, -0.1) is 6.58 Å². The van der Waals surface area contributed by atoms with E-state index in [1.165, 1.54) is 21.3 Å². The molecule has 0 aliphatic carbocycles. The zero-order valence-corrected chi connectivity index (χ0v) is 23.6. The number of esters is 1. The standard InChI is InChI=1S/C27H34ClNO11/c1-6-7-8-9-10-17-23(20(30)13-21(31)24(17)28)27(32)40-16(2)11-18-25(39-15-36-4)19(29(33)34)12-22(26(18)37-5)38-14-35-3/h6,12-13,16,30-31H,1,7-11,14-15H2,2-5H3. The van der Waals surface area contributed by atoms with E-state index < -0.39 is 28.4 Å². The number of phenolic OH excluding ortho intramolecular Hbond substituents is 2. The molecule has 2 rings (SSSR count). The van der Waals surface area contributed by atoms with Gasteiger partial charge in [0.05, 0.1) is 28.7 Å². The van der Waals surface area contributed by atoms with Crippen molar-refractivity contribution in [2.24, 2.45) is 0 Å². The summed E-state index contributed by atoms with van der Waals surface area (Å²) in [5.74, 6) is -1.80. The zero-order chi connectivity index (χ0) is 29.8. The summed E-state index contributed by atoms with van der Waals surface area (Å²) in [5.41, 5.74) is -0.188. The van der Waals surface area contributed by atoms with Gasteiger partial charge in [0.2, 0.25) is 5.75 Å². The van der Waals surface area contributed by atoms with Crippen LogP contribution in [0.1, 0.15) is 47.7 Å². The van der Waals surface area contributed by atoms with E-state index in [4.69, 9.17) is 40.0 Å². The zero-order valence-electron chi connectivity index (χ0n) is 22.9. The van der Waals surface area contributed by atoms with Gasteiger partial charge in [-0.2, -0.15) is 0 Å². The quantitative estimate of drug-likeness (QED) is 0.0620. The van der Waals surface area contributed by atoms with Gasteiger partial charge in [-0.05, 0) is 38.2 Å². The first-order valence-electron chi connectivity index (χ1n) is 12.3. The molecule has 40 heavy (non-hydrogen) atoms. The molecule has 0 saturated heterocycles. The number of allylic oxidation sites excluding steroid dienone is 1. The lowest BCUT2D eigenvalue weighted by Crippen LogP contribution is -2.20. The van der Waals surface area contributed by atoms with Crippen molar-refractivity contribution in [1.82, 2.24) is 0 Å². The minimum Gasteiger partial charge on any atom is -0.507 e. The molecule has 1 atom stereocenters. The Morgan fingerprint density at radius 3 is 2.35 bits per heavy atom. The van der Waals surface area contributed by atoms with E-state index >= 15 is 0 Å². The van der Waals surface area contributed by atoms with Crippen molar-refractivity contribution >= 4 is 23.3 Å². The van der Waals surface area contributed by atoms with Crippen molar-refractivity contribution in [3.63, 3.8) is 0 Å². The largest absolute Gasteiger partial charge is 0.507 e. The molecule has 0 aliphatic rings.